The van der Waals surface area contributed by atoms with Crippen molar-refractivity contribution in [1.82, 2.24) is 14.7 Å². The van der Waals surface area contributed by atoms with Crippen LogP contribution in [-0.2, 0) is 9.53 Å². The van der Waals surface area contributed by atoms with Gasteiger partial charge in [-0.2, -0.15) is 0 Å². The third-order valence-electron chi connectivity index (χ3n) is 7.84. The molecule has 4 amide bonds. The fraction of sp³-hybridized carbons (Fsp3) is 0.615. The van der Waals surface area contributed by atoms with Crippen LogP contribution >= 0.6 is 0 Å². The van der Waals surface area contributed by atoms with Crippen LogP contribution in [0.4, 0.5) is 10.5 Å². The standard InChI is InChI=1S/C26H34N4O5/c1-2-35-26(34)28-15-13-27(14-16-28)23(31)18-7-6-12-29(17-18)21-11-5-10-20-22(21)25(33)30(24(20)32)19-8-3-4-9-19/h5,10-11,18-19H,2-4,6-9,12-17H2,1H3. The molecule has 0 aromatic heterocycles. The summed E-state index contributed by atoms with van der Waals surface area (Å²) in [5.74, 6) is -0.438. The highest BCUT2D eigenvalue weighted by atomic mass is 16.6. The molecule has 9 nitrogen and oxygen atoms in total. The van der Waals surface area contributed by atoms with Crippen LogP contribution in [0.3, 0.4) is 0 Å². The van der Waals surface area contributed by atoms with E-state index in [-0.39, 0.29) is 35.8 Å². The van der Waals surface area contributed by atoms with Gasteiger partial charge in [-0.15, -0.1) is 0 Å². The zero-order chi connectivity index (χ0) is 24.5. The van der Waals surface area contributed by atoms with Crippen LogP contribution in [0.2, 0.25) is 0 Å². The van der Waals surface area contributed by atoms with Crippen LogP contribution in [0, 0.1) is 5.92 Å². The van der Waals surface area contributed by atoms with E-state index in [1.54, 1.807) is 17.9 Å². The van der Waals surface area contributed by atoms with Crippen LogP contribution in [0.25, 0.3) is 0 Å². The van der Waals surface area contributed by atoms with Crippen LogP contribution in [-0.4, -0.2) is 90.4 Å². The highest BCUT2D eigenvalue weighted by molar-refractivity contribution is 6.24. The Kier molecular flexibility index (Phi) is 6.67. The Morgan fingerprint density at radius 3 is 2.34 bits per heavy atom. The van der Waals surface area contributed by atoms with Gasteiger partial charge in [-0.25, -0.2) is 4.79 Å². The maximum Gasteiger partial charge on any atom is 0.409 e. The number of hydrogen-bond donors (Lipinski definition) is 0. The summed E-state index contributed by atoms with van der Waals surface area (Å²) in [5.41, 5.74) is 1.76. The van der Waals surface area contributed by atoms with Crippen LogP contribution in [0.5, 0.6) is 0 Å². The van der Waals surface area contributed by atoms with Crippen molar-refractivity contribution >= 4 is 29.5 Å². The molecule has 1 aromatic carbocycles. The lowest BCUT2D eigenvalue weighted by molar-refractivity contribution is -0.137. The summed E-state index contributed by atoms with van der Waals surface area (Å²) in [5, 5.41) is 0. The van der Waals surface area contributed by atoms with Gasteiger partial charge in [0.05, 0.1) is 29.3 Å². The van der Waals surface area contributed by atoms with E-state index in [4.69, 9.17) is 4.74 Å². The number of anilines is 1. The topological polar surface area (TPSA) is 90.5 Å². The van der Waals surface area contributed by atoms with E-state index < -0.39 is 0 Å². The Hall–Kier alpha value is -3.10. The molecule has 1 saturated carbocycles. The minimum atomic E-state index is -0.327. The number of imide groups is 1. The minimum Gasteiger partial charge on any atom is -0.450 e. The molecule has 4 aliphatic rings. The van der Waals surface area contributed by atoms with Gasteiger partial charge in [0.2, 0.25) is 5.91 Å². The predicted octanol–water partition coefficient (Wildman–Crippen LogP) is 2.74. The van der Waals surface area contributed by atoms with Gasteiger partial charge in [-0.1, -0.05) is 18.9 Å². The number of amides is 4. The predicted molar refractivity (Wildman–Crippen MR) is 129 cm³/mol. The lowest BCUT2D eigenvalue weighted by Crippen LogP contribution is -2.53. The fourth-order valence-electron chi connectivity index (χ4n) is 6.02. The summed E-state index contributed by atoms with van der Waals surface area (Å²) in [6.07, 6.45) is 5.17. The van der Waals surface area contributed by atoms with E-state index >= 15 is 0 Å². The maximum atomic E-state index is 13.4. The molecule has 9 heteroatoms. The molecule has 1 aromatic rings. The number of ether oxygens (including phenoxy) is 1. The van der Waals surface area contributed by atoms with Gasteiger partial charge in [-0.3, -0.25) is 19.3 Å². The third kappa shape index (κ3) is 4.36. The molecular formula is C26H34N4O5. The first-order valence-corrected chi connectivity index (χ1v) is 13.0. The van der Waals surface area contributed by atoms with Crippen LogP contribution < -0.4 is 4.90 Å². The average molecular weight is 483 g/mol. The first-order chi connectivity index (χ1) is 17.0. The highest BCUT2D eigenvalue weighted by Gasteiger charge is 2.43. The second-order valence-electron chi connectivity index (χ2n) is 9.91. The molecule has 3 aliphatic heterocycles. The molecule has 0 N–H and O–H groups in total. The van der Waals surface area contributed by atoms with Crippen molar-refractivity contribution in [3.8, 4) is 0 Å². The molecule has 1 atom stereocenters. The van der Waals surface area contributed by atoms with Gasteiger partial charge < -0.3 is 19.4 Å². The molecule has 0 radical (unpaired) electrons. The van der Waals surface area contributed by atoms with Crippen LogP contribution in [0.15, 0.2) is 18.2 Å². The van der Waals surface area contributed by atoms with Crippen molar-refractivity contribution < 1.29 is 23.9 Å². The van der Waals surface area contributed by atoms with Crippen LogP contribution in [0.1, 0.15) is 66.2 Å². The number of carbonyl (C=O) groups excluding carboxylic acids is 4. The first-order valence-electron chi connectivity index (χ1n) is 13.0. The average Bonchev–Trinajstić information content (AvgIpc) is 3.50. The molecule has 3 fully saturated rings. The lowest BCUT2D eigenvalue weighted by atomic mass is 9.94. The summed E-state index contributed by atoms with van der Waals surface area (Å²) in [7, 11) is 0. The molecule has 188 valence electrons. The quantitative estimate of drug-likeness (QED) is 0.613. The number of piperidine rings is 1. The van der Waals surface area contributed by atoms with E-state index in [1.165, 1.54) is 4.90 Å². The Morgan fingerprint density at radius 1 is 0.914 bits per heavy atom. The smallest absolute Gasteiger partial charge is 0.409 e. The van der Waals surface area contributed by atoms with E-state index in [0.717, 1.165) is 50.8 Å². The number of benzene rings is 1. The molecule has 0 bridgehead atoms. The number of nitrogens with zero attached hydrogens (tertiary/aromatic N) is 4. The largest absolute Gasteiger partial charge is 0.450 e. The first kappa shape index (κ1) is 23.6. The Bertz CT molecular complexity index is 1010. The summed E-state index contributed by atoms with van der Waals surface area (Å²) < 4.78 is 5.07. The number of hydrogen-bond acceptors (Lipinski definition) is 6. The monoisotopic (exact) mass is 482 g/mol. The molecule has 1 unspecified atom stereocenters. The zero-order valence-corrected chi connectivity index (χ0v) is 20.4. The molecule has 0 spiro atoms. The van der Waals surface area contributed by atoms with Gasteiger partial charge in [0.1, 0.15) is 0 Å². The van der Waals surface area contributed by atoms with Gasteiger partial charge in [-0.05, 0) is 44.7 Å². The number of fused-ring (bicyclic) bond motifs is 1. The normalized spacial score (nSPS) is 23.2. The van der Waals surface area contributed by atoms with Gasteiger partial charge in [0.25, 0.3) is 11.8 Å². The molecule has 1 aliphatic carbocycles. The minimum absolute atomic E-state index is 0.000734. The number of piperazine rings is 1. The van der Waals surface area contributed by atoms with Crippen molar-refractivity contribution in [2.45, 2.75) is 51.5 Å². The second kappa shape index (κ2) is 9.87. The zero-order valence-electron chi connectivity index (χ0n) is 20.4. The van der Waals surface area contributed by atoms with Crippen molar-refractivity contribution in [2.24, 2.45) is 5.92 Å². The van der Waals surface area contributed by atoms with Crippen molar-refractivity contribution in [2.75, 3.05) is 50.8 Å². The van der Waals surface area contributed by atoms with Gasteiger partial charge in [0, 0.05) is 45.3 Å². The Balaban J connectivity index is 1.28. The summed E-state index contributed by atoms with van der Waals surface area (Å²) in [4.78, 5) is 58.9. The van der Waals surface area contributed by atoms with Gasteiger partial charge >= 0.3 is 6.09 Å². The summed E-state index contributed by atoms with van der Waals surface area (Å²) >= 11 is 0. The van der Waals surface area contributed by atoms with Crippen molar-refractivity contribution in [3.63, 3.8) is 0 Å². The van der Waals surface area contributed by atoms with E-state index in [0.29, 0.717) is 50.5 Å². The molecule has 35 heavy (non-hydrogen) atoms. The molecular weight excluding hydrogens is 448 g/mol. The third-order valence-corrected chi connectivity index (χ3v) is 7.84. The SMILES string of the molecule is CCOC(=O)N1CCN(C(=O)C2CCCN(c3cccc4c3C(=O)N(C3CCCC3)C4=O)C2)CC1. The summed E-state index contributed by atoms with van der Waals surface area (Å²) in [6.45, 7) is 5.34. The Morgan fingerprint density at radius 2 is 1.63 bits per heavy atom. The number of carbonyl (C=O) groups is 4. The van der Waals surface area contributed by atoms with E-state index in [2.05, 4.69) is 4.90 Å². The maximum absolute atomic E-state index is 13.4. The van der Waals surface area contributed by atoms with E-state index in [1.807, 2.05) is 17.0 Å². The molecule has 5 rings (SSSR count). The fourth-order valence-corrected chi connectivity index (χ4v) is 6.02. The highest BCUT2D eigenvalue weighted by Crippen LogP contribution is 2.37. The Labute approximate surface area is 206 Å². The molecule has 3 heterocycles. The van der Waals surface area contributed by atoms with Crippen molar-refractivity contribution in [1.29, 1.82) is 0 Å². The summed E-state index contributed by atoms with van der Waals surface area (Å²) in [6, 6.07) is 5.51. The lowest BCUT2D eigenvalue weighted by Gasteiger charge is -2.39. The second-order valence-corrected chi connectivity index (χ2v) is 9.91. The van der Waals surface area contributed by atoms with Gasteiger partial charge in [0.15, 0.2) is 0 Å². The number of rotatable bonds is 4. The van der Waals surface area contributed by atoms with E-state index in [9.17, 15) is 19.2 Å². The van der Waals surface area contributed by atoms with Crippen molar-refractivity contribution in [3.05, 3.63) is 29.3 Å². The molecule has 2 saturated heterocycles.